The summed E-state index contributed by atoms with van der Waals surface area (Å²) >= 11 is 0. The lowest BCUT2D eigenvalue weighted by Crippen LogP contribution is -2.43. The molecule has 3 heteroatoms. The van der Waals surface area contributed by atoms with Gasteiger partial charge < -0.3 is 9.22 Å². The largest absolute Gasteiger partial charge is 0.463 e. The van der Waals surface area contributed by atoms with E-state index < -0.39 is 0 Å². The summed E-state index contributed by atoms with van der Waals surface area (Å²) in [6.07, 6.45) is 8.76. The number of rotatable bonds is 9. The van der Waals surface area contributed by atoms with Crippen molar-refractivity contribution in [3.63, 3.8) is 0 Å². The molecule has 18 heavy (non-hydrogen) atoms. The van der Waals surface area contributed by atoms with Gasteiger partial charge in [-0.1, -0.05) is 18.9 Å². The third kappa shape index (κ3) is 9.23. The number of carbonyl (C=O) groups excluding carboxylic acids is 1. The summed E-state index contributed by atoms with van der Waals surface area (Å²) in [7, 11) is 6.54. The molecule has 0 rings (SSSR count). The summed E-state index contributed by atoms with van der Waals surface area (Å²) in [6.45, 7) is 6.53. The molecule has 1 unspecified atom stereocenters. The lowest BCUT2D eigenvalue weighted by Gasteiger charge is -2.31. The van der Waals surface area contributed by atoms with Gasteiger partial charge >= 0.3 is 5.97 Å². The molecule has 3 nitrogen and oxygen atoms in total. The van der Waals surface area contributed by atoms with Crippen molar-refractivity contribution in [1.29, 1.82) is 0 Å². The first-order chi connectivity index (χ1) is 8.38. The van der Waals surface area contributed by atoms with E-state index >= 15 is 0 Å². The molecule has 0 aromatic rings. The Balaban J connectivity index is 3.39. The van der Waals surface area contributed by atoms with E-state index in [1.54, 1.807) is 6.08 Å². The summed E-state index contributed by atoms with van der Waals surface area (Å²) in [5.74, 6) is -0.236. The van der Waals surface area contributed by atoms with Crippen molar-refractivity contribution in [2.75, 3.05) is 27.7 Å². The van der Waals surface area contributed by atoms with Crippen LogP contribution >= 0.6 is 0 Å². The molecule has 0 aromatic heterocycles. The van der Waals surface area contributed by atoms with Crippen LogP contribution in [0, 0.1) is 6.92 Å². The van der Waals surface area contributed by atoms with Gasteiger partial charge in [-0.2, -0.15) is 0 Å². The van der Waals surface area contributed by atoms with E-state index in [0.717, 1.165) is 23.7 Å². The van der Waals surface area contributed by atoms with Gasteiger partial charge in [0.1, 0.15) is 0 Å². The maximum Gasteiger partial charge on any atom is 0.330 e. The zero-order valence-corrected chi connectivity index (χ0v) is 12.4. The van der Waals surface area contributed by atoms with Crippen molar-refractivity contribution in [3.05, 3.63) is 19.1 Å². The van der Waals surface area contributed by atoms with E-state index in [-0.39, 0.29) is 5.97 Å². The van der Waals surface area contributed by atoms with Crippen molar-refractivity contribution in [2.24, 2.45) is 0 Å². The monoisotopic (exact) mass is 255 g/mol. The van der Waals surface area contributed by atoms with E-state index in [9.17, 15) is 4.79 Å². The predicted molar refractivity (Wildman–Crippen MR) is 76.0 cm³/mol. The molecule has 0 heterocycles. The Morgan fingerprint density at radius 2 is 1.83 bits per heavy atom. The Kier molecular flexibility index (Phi) is 8.73. The summed E-state index contributed by atoms with van der Waals surface area (Å²) in [5, 5.41) is 0. The second-order valence-corrected chi connectivity index (χ2v) is 5.64. The van der Waals surface area contributed by atoms with Crippen LogP contribution in [0.1, 0.15) is 39.0 Å². The second kappa shape index (κ2) is 9.15. The first kappa shape index (κ1) is 17.2. The van der Waals surface area contributed by atoms with Crippen LogP contribution in [0.5, 0.6) is 0 Å². The smallest absolute Gasteiger partial charge is 0.330 e. The summed E-state index contributed by atoms with van der Waals surface area (Å²) in [6, 6.07) is 0.456. The minimum Gasteiger partial charge on any atom is -0.463 e. The van der Waals surface area contributed by atoms with E-state index in [2.05, 4.69) is 28.1 Å². The Bertz CT molecular complexity index is 254. The van der Waals surface area contributed by atoms with Gasteiger partial charge in [-0.3, -0.25) is 0 Å². The standard InChI is InChI=1S/C15H29NO2/c1-6-11-15(17)18-13-10-8-7-9-12-14(2)16(3,4)5/h6,11,14H,2,7-10,12-13H2,1,3-5H3/q+1. The normalized spacial score (nSPS) is 13.8. The van der Waals surface area contributed by atoms with Crippen LogP contribution in [0.3, 0.4) is 0 Å². The second-order valence-electron chi connectivity index (χ2n) is 5.64. The number of quaternary nitrogens is 1. The molecule has 0 saturated heterocycles. The van der Waals surface area contributed by atoms with Crippen LogP contribution in [0.25, 0.3) is 0 Å². The zero-order valence-electron chi connectivity index (χ0n) is 12.4. The van der Waals surface area contributed by atoms with E-state index in [1.165, 1.54) is 18.9 Å². The molecule has 0 aliphatic heterocycles. The Morgan fingerprint density at radius 3 is 2.39 bits per heavy atom. The van der Waals surface area contributed by atoms with Crippen molar-refractivity contribution in [2.45, 2.75) is 45.1 Å². The lowest BCUT2D eigenvalue weighted by molar-refractivity contribution is -0.890. The van der Waals surface area contributed by atoms with Crippen LogP contribution in [0.2, 0.25) is 0 Å². The van der Waals surface area contributed by atoms with Gasteiger partial charge in [0.05, 0.1) is 33.8 Å². The molecule has 0 fully saturated rings. The molecular weight excluding hydrogens is 226 g/mol. The molecule has 1 atom stereocenters. The molecule has 0 aromatic carbocycles. The Hall–Kier alpha value is -0.830. The topological polar surface area (TPSA) is 26.3 Å². The highest BCUT2D eigenvalue weighted by molar-refractivity contribution is 5.81. The number of unbranched alkanes of at least 4 members (excludes halogenated alkanes) is 3. The van der Waals surface area contributed by atoms with Gasteiger partial charge in [0.25, 0.3) is 0 Å². The van der Waals surface area contributed by atoms with Gasteiger partial charge in [0, 0.05) is 13.0 Å². The molecule has 0 amide bonds. The van der Waals surface area contributed by atoms with Gasteiger partial charge in [-0.15, -0.1) is 0 Å². The van der Waals surface area contributed by atoms with Crippen molar-refractivity contribution >= 4 is 5.97 Å². The third-order valence-corrected chi connectivity index (χ3v) is 3.07. The first-order valence-corrected chi connectivity index (χ1v) is 6.81. The first-order valence-electron chi connectivity index (χ1n) is 6.81. The number of carbonyl (C=O) groups is 1. The van der Waals surface area contributed by atoms with E-state index in [1.807, 2.05) is 6.92 Å². The maximum absolute atomic E-state index is 11.0. The summed E-state index contributed by atoms with van der Waals surface area (Å²) in [4.78, 5) is 11.0. The number of hydrogen-bond acceptors (Lipinski definition) is 2. The maximum atomic E-state index is 11.0. The van der Waals surface area contributed by atoms with E-state index in [4.69, 9.17) is 4.74 Å². The van der Waals surface area contributed by atoms with Crippen molar-refractivity contribution in [1.82, 2.24) is 0 Å². The fraction of sp³-hybridized carbons (Fsp3) is 0.733. The average molecular weight is 255 g/mol. The van der Waals surface area contributed by atoms with Crippen LogP contribution in [-0.2, 0) is 9.53 Å². The Morgan fingerprint density at radius 1 is 1.22 bits per heavy atom. The minimum absolute atomic E-state index is 0.236. The van der Waals surface area contributed by atoms with Crippen molar-refractivity contribution in [3.8, 4) is 0 Å². The predicted octanol–water partition coefficient (Wildman–Crippen LogP) is 2.97. The van der Waals surface area contributed by atoms with Crippen molar-refractivity contribution < 1.29 is 14.0 Å². The molecule has 0 saturated carbocycles. The highest BCUT2D eigenvalue weighted by atomic mass is 16.5. The SMILES string of the molecule is [CH2]C(CCCCCCOC(=O)C=CC)[N+](C)(C)C. The number of ether oxygens (including phenoxy) is 1. The molecule has 0 bridgehead atoms. The number of nitrogens with zero attached hydrogens (tertiary/aromatic N) is 1. The minimum atomic E-state index is -0.236. The zero-order chi connectivity index (χ0) is 14.0. The van der Waals surface area contributed by atoms with Crippen LogP contribution in [-0.4, -0.2) is 44.2 Å². The fourth-order valence-electron chi connectivity index (χ4n) is 1.58. The highest BCUT2D eigenvalue weighted by Crippen LogP contribution is 2.12. The highest BCUT2D eigenvalue weighted by Gasteiger charge is 2.17. The molecule has 1 radical (unpaired) electrons. The molecule has 0 N–H and O–H groups in total. The number of esters is 1. The van der Waals surface area contributed by atoms with Gasteiger partial charge in [-0.05, 0) is 26.2 Å². The van der Waals surface area contributed by atoms with Gasteiger partial charge in [0.2, 0.25) is 0 Å². The fourth-order valence-corrected chi connectivity index (χ4v) is 1.58. The van der Waals surface area contributed by atoms with Crippen LogP contribution < -0.4 is 0 Å². The number of hydrogen-bond donors (Lipinski definition) is 0. The molecule has 105 valence electrons. The third-order valence-electron chi connectivity index (χ3n) is 3.07. The molecular formula is C15H29NO2+. The average Bonchev–Trinajstić information content (AvgIpc) is 2.26. The van der Waals surface area contributed by atoms with Crippen LogP contribution in [0.15, 0.2) is 12.2 Å². The molecule has 0 aliphatic rings. The van der Waals surface area contributed by atoms with Gasteiger partial charge in [-0.25, -0.2) is 4.79 Å². The summed E-state index contributed by atoms with van der Waals surface area (Å²) in [5.41, 5.74) is 0. The Labute approximate surface area is 112 Å². The van der Waals surface area contributed by atoms with Gasteiger partial charge in [0.15, 0.2) is 0 Å². The lowest BCUT2D eigenvalue weighted by atomic mass is 10.1. The summed E-state index contributed by atoms with van der Waals surface area (Å²) < 4.78 is 5.94. The van der Waals surface area contributed by atoms with Crippen LogP contribution in [0.4, 0.5) is 0 Å². The molecule has 0 spiro atoms. The molecule has 0 aliphatic carbocycles. The quantitative estimate of drug-likeness (QED) is 0.274. The number of allylic oxidation sites excluding steroid dienone is 1. The van der Waals surface area contributed by atoms with E-state index in [0.29, 0.717) is 12.6 Å².